The van der Waals surface area contributed by atoms with E-state index in [1.165, 1.54) is 0 Å². The Morgan fingerprint density at radius 3 is 2.36 bits per heavy atom. The van der Waals surface area contributed by atoms with Crippen molar-refractivity contribution in [3.05, 3.63) is 65.9 Å². The van der Waals surface area contributed by atoms with E-state index in [9.17, 15) is 4.79 Å². The Labute approximate surface area is 147 Å². The fourth-order valence-corrected chi connectivity index (χ4v) is 2.72. The summed E-state index contributed by atoms with van der Waals surface area (Å²) in [6.45, 7) is 1.98. The average molecular weight is 335 g/mol. The topological polar surface area (TPSA) is 64.1 Å². The molecule has 0 aliphatic rings. The number of carbonyl (C=O) groups excluding carboxylic acids is 1. The summed E-state index contributed by atoms with van der Waals surface area (Å²) < 4.78 is 5.33. The van der Waals surface area contributed by atoms with E-state index in [0.717, 1.165) is 16.6 Å². The highest BCUT2D eigenvalue weighted by Crippen LogP contribution is 2.20. The first-order valence-corrected chi connectivity index (χ1v) is 8.31. The molecule has 25 heavy (non-hydrogen) atoms. The van der Waals surface area contributed by atoms with Crippen LogP contribution in [-0.4, -0.2) is 23.0 Å². The summed E-state index contributed by atoms with van der Waals surface area (Å²) in [7, 11) is 1.57. The van der Waals surface area contributed by atoms with E-state index in [0.29, 0.717) is 24.4 Å². The first-order chi connectivity index (χ1) is 12.2. The SMILES string of the molecule is COc1nc2ccccc2nc1CCC(=O)N[C@H](C)c1ccccc1. The molecule has 0 aliphatic carbocycles. The number of hydrogen-bond acceptors (Lipinski definition) is 4. The Morgan fingerprint density at radius 1 is 1.04 bits per heavy atom. The summed E-state index contributed by atoms with van der Waals surface area (Å²) in [5.41, 5.74) is 3.37. The van der Waals surface area contributed by atoms with Gasteiger partial charge in [-0.1, -0.05) is 42.5 Å². The number of benzene rings is 2. The molecule has 3 aromatic rings. The van der Waals surface area contributed by atoms with Crippen molar-refractivity contribution >= 4 is 16.9 Å². The molecule has 1 atom stereocenters. The molecule has 128 valence electrons. The van der Waals surface area contributed by atoms with Crippen LogP contribution < -0.4 is 10.1 Å². The number of amides is 1. The van der Waals surface area contributed by atoms with Crippen molar-refractivity contribution in [1.29, 1.82) is 0 Å². The fraction of sp³-hybridized carbons (Fsp3) is 0.250. The molecule has 5 heteroatoms. The van der Waals surface area contributed by atoms with Crippen LogP contribution in [0.3, 0.4) is 0 Å². The monoisotopic (exact) mass is 335 g/mol. The van der Waals surface area contributed by atoms with Crippen LogP contribution in [0.25, 0.3) is 11.0 Å². The highest BCUT2D eigenvalue weighted by Gasteiger charge is 2.13. The van der Waals surface area contributed by atoms with Gasteiger partial charge in [-0.25, -0.2) is 9.97 Å². The molecule has 0 radical (unpaired) electrons. The molecule has 0 saturated heterocycles. The molecule has 1 N–H and O–H groups in total. The van der Waals surface area contributed by atoms with Crippen molar-refractivity contribution < 1.29 is 9.53 Å². The average Bonchev–Trinajstić information content (AvgIpc) is 2.66. The standard InChI is InChI=1S/C20H21N3O2/c1-14(15-8-4-3-5-9-15)21-19(24)13-12-18-20(25-2)23-17-11-7-6-10-16(17)22-18/h3-11,14H,12-13H2,1-2H3,(H,21,24)/t14-/m1/s1. The van der Waals surface area contributed by atoms with E-state index in [4.69, 9.17) is 4.74 Å². The minimum atomic E-state index is -0.0294. The van der Waals surface area contributed by atoms with Gasteiger partial charge >= 0.3 is 0 Å². The number of nitrogens with zero attached hydrogens (tertiary/aromatic N) is 2. The van der Waals surface area contributed by atoms with Gasteiger partial charge in [-0.05, 0) is 24.6 Å². The predicted molar refractivity (Wildman–Crippen MR) is 97.4 cm³/mol. The maximum Gasteiger partial charge on any atom is 0.235 e. The molecule has 0 aliphatic heterocycles. The lowest BCUT2D eigenvalue weighted by atomic mass is 10.1. The van der Waals surface area contributed by atoms with Crippen LogP contribution in [0.5, 0.6) is 5.88 Å². The van der Waals surface area contributed by atoms with Gasteiger partial charge in [0.1, 0.15) is 5.69 Å². The molecular formula is C20H21N3O2. The lowest BCUT2D eigenvalue weighted by molar-refractivity contribution is -0.121. The third-order valence-corrected chi connectivity index (χ3v) is 4.07. The zero-order valence-electron chi connectivity index (χ0n) is 14.4. The molecule has 3 rings (SSSR count). The van der Waals surface area contributed by atoms with E-state index in [1.807, 2.05) is 61.5 Å². The molecule has 0 fully saturated rings. The van der Waals surface area contributed by atoms with Crippen LogP contribution >= 0.6 is 0 Å². The first-order valence-electron chi connectivity index (χ1n) is 8.31. The Bertz CT molecular complexity index is 865. The summed E-state index contributed by atoms with van der Waals surface area (Å²) >= 11 is 0. The third kappa shape index (κ3) is 4.12. The Hall–Kier alpha value is -2.95. The summed E-state index contributed by atoms with van der Waals surface area (Å²) in [6, 6.07) is 17.5. The smallest absolute Gasteiger partial charge is 0.235 e. The molecule has 1 amide bonds. The number of aromatic nitrogens is 2. The van der Waals surface area contributed by atoms with Crippen molar-refractivity contribution in [2.24, 2.45) is 0 Å². The van der Waals surface area contributed by atoms with Gasteiger partial charge in [0.15, 0.2) is 0 Å². The quantitative estimate of drug-likeness (QED) is 0.749. The number of hydrogen-bond donors (Lipinski definition) is 1. The van der Waals surface area contributed by atoms with Crippen molar-refractivity contribution in [3.63, 3.8) is 0 Å². The van der Waals surface area contributed by atoms with Gasteiger partial charge in [-0.2, -0.15) is 0 Å². The minimum Gasteiger partial charge on any atom is -0.480 e. The third-order valence-electron chi connectivity index (χ3n) is 4.07. The number of rotatable bonds is 6. The van der Waals surface area contributed by atoms with Crippen LogP contribution in [0.15, 0.2) is 54.6 Å². The summed E-state index contributed by atoms with van der Waals surface area (Å²) in [6.07, 6.45) is 0.814. The number of nitrogens with one attached hydrogen (secondary N) is 1. The lowest BCUT2D eigenvalue weighted by Gasteiger charge is -2.14. The van der Waals surface area contributed by atoms with Gasteiger partial charge < -0.3 is 10.1 Å². The van der Waals surface area contributed by atoms with Crippen molar-refractivity contribution in [2.45, 2.75) is 25.8 Å². The molecule has 0 bridgehead atoms. The summed E-state index contributed by atoms with van der Waals surface area (Å²) in [5, 5.41) is 3.01. The van der Waals surface area contributed by atoms with Gasteiger partial charge in [0.25, 0.3) is 0 Å². The maximum absolute atomic E-state index is 12.3. The predicted octanol–water partition coefficient (Wildman–Crippen LogP) is 3.45. The number of ether oxygens (including phenoxy) is 1. The number of para-hydroxylation sites is 2. The minimum absolute atomic E-state index is 0.0200. The number of fused-ring (bicyclic) bond motifs is 1. The largest absolute Gasteiger partial charge is 0.480 e. The van der Waals surface area contributed by atoms with Gasteiger partial charge in [0.05, 0.1) is 24.2 Å². The van der Waals surface area contributed by atoms with Crippen LogP contribution in [0.2, 0.25) is 0 Å². The molecule has 5 nitrogen and oxygen atoms in total. The van der Waals surface area contributed by atoms with E-state index in [2.05, 4.69) is 15.3 Å². The summed E-state index contributed by atoms with van der Waals surface area (Å²) in [4.78, 5) is 21.3. The van der Waals surface area contributed by atoms with Crippen molar-refractivity contribution in [1.82, 2.24) is 15.3 Å². The van der Waals surface area contributed by atoms with E-state index < -0.39 is 0 Å². The summed E-state index contributed by atoms with van der Waals surface area (Å²) in [5.74, 6) is 0.455. The highest BCUT2D eigenvalue weighted by molar-refractivity contribution is 5.77. The van der Waals surface area contributed by atoms with Crippen LogP contribution in [0, 0.1) is 0 Å². The Balaban J connectivity index is 1.66. The number of carbonyl (C=O) groups is 1. The van der Waals surface area contributed by atoms with Crippen LogP contribution in [0.1, 0.15) is 30.6 Å². The molecule has 2 aromatic carbocycles. The second-order valence-electron chi connectivity index (χ2n) is 5.87. The van der Waals surface area contributed by atoms with E-state index >= 15 is 0 Å². The Morgan fingerprint density at radius 2 is 1.68 bits per heavy atom. The molecule has 0 unspecified atom stereocenters. The molecule has 0 saturated carbocycles. The normalized spacial score (nSPS) is 11.9. The Kier molecular flexibility index (Phi) is 5.23. The molecule has 1 aromatic heterocycles. The molecule has 1 heterocycles. The van der Waals surface area contributed by atoms with Crippen LogP contribution in [0.4, 0.5) is 0 Å². The van der Waals surface area contributed by atoms with Gasteiger partial charge in [0, 0.05) is 12.8 Å². The highest BCUT2D eigenvalue weighted by atomic mass is 16.5. The lowest BCUT2D eigenvalue weighted by Crippen LogP contribution is -2.26. The second kappa shape index (κ2) is 7.75. The van der Waals surface area contributed by atoms with Gasteiger partial charge in [-0.3, -0.25) is 4.79 Å². The van der Waals surface area contributed by atoms with Crippen molar-refractivity contribution in [2.75, 3.05) is 7.11 Å². The maximum atomic E-state index is 12.3. The van der Waals surface area contributed by atoms with E-state index in [-0.39, 0.29) is 11.9 Å². The zero-order valence-corrected chi connectivity index (χ0v) is 14.4. The molecule has 0 spiro atoms. The second-order valence-corrected chi connectivity index (χ2v) is 5.87. The van der Waals surface area contributed by atoms with E-state index in [1.54, 1.807) is 7.11 Å². The zero-order chi connectivity index (χ0) is 17.6. The van der Waals surface area contributed by atoms with Gasteiger partial charge in [0.2, 0.25) is 11.8 Å². The van der Waals surface area contributed by atoms with Crippen molar-refractivity contribution in [3.8, 4) is 5.88 Å². The molecular weight excluding hydrogens is 314 g/mol. The number of aryl methyl sites for hydroxylation is 1. The van der Waals surface area contributed by atoms with Gasteiger partial charge in [-0.15, -0.1) is 0 Å². The van der Waals surface area contributed by atoms with Crippen LogP contribution in [-0.2, 0) is 11.2 Å². The first kappa shape index (κ1) is 16.9. The fourth-order valence-electron chi connectivity index (χ4n) is 2.72. The number of methoxy groups -OCH3 is 1.